The number of rotatable bonds is 12. The average Bonchev–Trinajstić information content (AvgIpc) is 2.76. The van der Waals surface area contributed by atoms with E-state index in [0.29, 0.717) is 38.1 Å². The summed E-state index contributed by atoms with van der Waals surface area (Å²) in [6, 6.07) is 13.7. The van der Waals surface area contributed by atoms with Gasteiger partial charge in [0.05, 0.1) is 26.9 Å². The highest BCUT2D eigenvalue weighted by molar-refractivity contribution is 5.93. The number of ether oxygens (including phenoxy) is 4. The summed E-state index contributed by atoms with van der Waals surface area (Å²) >= 11 is 0. The summed E-state index contributed by atoms with van der Waals surface area (Å²) < 4.78 is 21.8. The van der Waals surface area contributed by atoms with Crippen molar-refractivity contribution in [3.63, 3.8) is 0 Å². The fourth-order valence-electron chi connectivity index (χ4n) is 2.76. The Morgan fingerprint density at radius 3 is 2.57 bits per heavy atom. The van der Waals surface area contributed by atoms with Gasteiger partial charge in [0, 0.05) is 38.4 Å². The minimum Gasteiger partial charge on any atom is -0.493 e. The highest BCUT2D eigenvalue weighted by atomic mass is 16.5. The van der Waals surface area contributed by atoms with E-state index >= 15 is 0 Å². The number of hydrogen-bond donors (Lipinski definition) is 2. The van der Waals surface area contributed by atoms with E-state index in [4.69, 9.17) is 23.9 Å². The van der Waals surface area contributed by atoms with Gasteiger partial charge < -0.3 is 29.6 Å². The summed E-state index contributed by atoms with van der Waals surface area (Å²) in [6.45, 7) is 7.16. The molecule has 164 valence electrons. The number of guanidine groups is 1. The summed E-state index contributed by atoms with van der Waals surface area (Å²) in [4.78, 5) is 4.69. The van der Waals surface area contributed by atoms with Crippen LogP contribution in [0.3, 0.4) is 0 Å². The molecule has 0 aliphatic heterocycles. The van der Waals surface area contributed by atoms with Gasteiger partial charge >= 0.3 is 0 Å². The Balaban J connectivity index is 2.04. The molecule has 0 fully saturated rings. The first-order valence-electron chi connectivity index (χ1n) is 10.3. The molecular formula is C23H33N3O4. The molecule has 7 nitrogen and oxygen atoms in total. The van der Waals surface area contributed by atoms with Gasteiger partial charge in [0.25, 0.3) is 0 Å². The lowest BCUT2D eigenvalue weighted by molar-refractivity contribution is 0.172. The van der Waals surface area contributed by atoms with Gasteiger partial charge in [0.15, 0.2) is 17.5 Å². The first-order chi connectivity index (χ1) is 14.7. The van der Waals surface area contributed by atoms with Gasteiger partial charge in [-0.25, -0.2) is 4.99 Å². The summed E-state index contributed by atoms with van der Waals surface area (Å²) in [6.07, 6.45) is 0.860. The van der Waals surface area contributed by atoms with Crippen LogP contribution in [0.25, 0.3) is 0 Å². The average molecular weight is 416 g/mol. The molecule has 0 radical (unpaired) electrons. The fraction of sp³-hybridized carbons (Fsp3) is 0.435. The maximum absolute atomic E-state index is 5.77. The normalized spacial score (nSPS) is 11.1. The van der Waals surface area contributed by atoms with Crippen LogP contribution in [0.4, 0.5) is 5.69 Å². The third-order valence-electron chi connectivity index (χ3n) is 4.15. The molecule has 30 heavy (non-hydrogen) atoms. The molecule has 0 aromatic heterocycles. The van der Waals surface area contributed by atoms with Crippen molar-refractivity contribution in [2.45, 2.75) is 26.8 Å². The van der Waals surface area contributed by atoms with Crippen LogP contribution in [-0.2, 0) is 11.3 Å². The molecule has 2 N–H and O–H groups in total. The second-order valence-corrected chi connectivity index (χ2v) is 6.46. The predicted molar refractivity (Wildman–Crippen MR) is 121 cm³/mol. The number of hydrogen-bond acceptors (Lipinski definition) is 5. The van der Waals surface area contributed by atoms with Crippen molar-refractivity contribution in [1.29, 1.82) is 0 Å². The highest BCUT2D eigenvalue weighted by Crippen LogP contribution is 2.30. The van der Waals surface area contributed by atoms with E-state index in [1.807, 2.05) is 56.3 Å². The summed E-state index contributed by atoms with van der Waals surface area (Å²) in [5.74, 6) is 2.92. The zero-order valence-corrected chi connectivity index (χ0v) is 18.4. The number of nitrogens with zero attached hydrogens (tertiary/aromatic N) is 1. The lowest BCUT2D eigenvalue weighted by Crippen LogP contribution is -2.30. The standard InChI is InChI=1S/C23H33N3O4/c1-5-24-23(26-19-11-12-21(29-6-2)22(16-19)28-4)25-17-18-9-7-10-20(15-18)30-14-8-13-27-3/h7,9-12,15-16H,5-6,8,13-14,17H2,1-4H3,(H2,24,25,26). The molecule has 2 aromatic carbocycles. The number of benzene rings is 2. The molecule has 0 heterocycles. The lowest BCUT2D eigenvalue weighted by atomic mass is 10.2. The molecule has 0 unspecified atom stereocenters. The lowest BCUT2D eigenvalue weighted by Gasteiger charge is -2.14. The van der Waals surface area contributed by atoms with E-state index in [-0.39, 0.29) is 0 Å². The fourth-order valence-corrected chi connectivity index (χ4v) is 2.76. The van der Waals surface area contributed by atoms with Crippen molar-refractivity contribution >= 4 is 11.6 Å². The Morgan fingerprint density at radius 2 is 1.83 bits per heavy atom. The van der Waals surface area contributed by atoms with Crippen LogP contribution >= 0.6 is 0 Å². The number of aliphatic imine (C=N–C) groups is 1. The first-order valence-corrected chi connectivity index (χ1v) is 10.3. The van der Waals surface area contributed by atoms with Crippen molar-refractivity contribution in [1.82, 2.24) is 5.32 Å². The number of nitrogens with one attached hydrogen (secondary N) is 2. The van der Waals surface area contributed by atoms with Crippen LogP contribution < -0.4 is 24.8 Å². The second kappa shape index (κ2) is 13.3. The Bertz CT molecular complexity index is 796. The molecular weight excluding hydrogens is 382 g/mol. The van der Waals surface area contributed by atoms with Gasteiger partial charge in [-0.15, -0.1) is 0 Å². The third-order valence-corrected chi connectivity index (χ3v) is 4.15. The molecule has 0 aliphatic carbocycles. The van der Waals surface area contributed by atoms with Crippen molar-refractivity contribution in [3.05, 3.63) is 48.0 Å². The number of anilines is 1. The quantitative estimate of drug-likeness (QED) is 0.309. The van der Waals surface area contributed by atoms with Gasteiger partial charge in [-0.2, -0.15) is 0 Å². The van der Waals surface area contributed by atoms with Crippen LogP contribution in [0, 0.1) is 0 Å². The van der Waals surface area contributed by atoms with Crippen LogP contribution in [0.2, 0.25) is 0 Å². The van der Waals surface area contributed by atoms with Gasteiger partial charge in [0.1, 0.15) is 5.75 Å². The molecule has 0 aliphatic rings. The predicted octanol–water partition coefficient (Wildman–Crippen LogP) is 4.09. The van der Waals surface area contributed by atoms with E-state index in [9.17, 15) is 0 Å². The zero-order valence-electron chi connectivity index (χ0n) is 18.4. The van der Waals surface area contributed by atoms with Crippen LogP contribution in [0.15, 0.2) is 47.5 Å². The van der Waals surface area contributed by atoms with Gasteiger partial charge in [-0.1, -0.05) is 12.1 Å². The second-order valence-electron chi connectivity index (χ2n) is 6.46. The minimum atomic E-state index is 0.527. The Kier molecular flexibility index (Phi) is 10.4. The Hall–Kier alpha value is -2.93. The topological polar surface area (TPSA) is 73.3 Å². The van der Waals surface area contributed by atoms with Crippen LogP contribution in [0.1, 0.15) is 25.8 Å². The Labute approximate surface area is 179 Å². The van der Waals surface area contributed by atoms with E-state index in [1.165, 1.54) is 0 Å². The third kappa shape index (κ3) is 7.83. The summed E-state index contributed by atoms with van der Waals surface area (Å²) in [7, 11) is 3.32. The monoisotopic (exact) mass is 415 g/mol. The molecule has 2 rings (SSSR count). The van der Waals surface area contributed by atoms with Crippen molar-refractivity contribution in [3.8, 4) is 17.2 Å². The molecule has 2 aromatic rings. The summed E-state index contributed by atoms with van der Waals surface area (Å²) in [5, 5.41) is 6.58. The first kappa shape index (κ1) is 23.3. The SMILES string of the molecule is CCNC(=NCc1cccc(OCCCOC)c1)Nc1ccc(OCC)c(OC)c1. The van der Waals surface area contributed by atoms with Gasteiger partial charge in [0.2, 0.25) is 0 Å². The molecule has 0 spiro atoms. The molecule has 0 saturated heterocycles. The maximum Gasteiger partial charge on any atom is 0.196 e. The molecule has 0 atom stereocenters. The Morgan fingerprint density at radius 1 is 0.967 bits per heavy atom. The smallest absolute Gasteiger partial charge is 0.196 e. The number of methoxy groups -OCH3 is 2. The highest BCUT2D eigenvalue weighted by Gasteiger charge is 2.07. The van der Waals surface area contributed by atoms with Crippen molar-refractivity contribution < 1.29 is 18.9 Å². The van der Waals surface area contributed by atoms with Crippen LogP contribution in [-0.4, -0.2) is 46.5 Å². The van der Waals surface area contributed by atoms with E-state index in [1.54, 1.807) is 14.2 Å². The molecule has 0 saturated carbocycles. The maximum atomic E-state index is 5.77. The zero-order chi connectivity index (χ0) is 21.6. The largest absolute Gasteiger partial charge is 0.493 e. The van der Waals surface area contributed by atoms with Crippen LogP contribution in [0.5, 0.6) is 17.2 Å². The van der Waals surface area contributed by atoms with Crippen molar-refractivity contribution in [2.75, 3.05) is 45.9 Å². The van der Waals surface area contributed by atoms with E-state index < -0.39 is 0 Å². The van der Waals surface area contributed by atoms with E-state index in [2.05, 4.69) is 10.6 Å². The van der Waals surface area contributed by atoms with Gasteiger partial charge in [-0.3, -0.25) is 0 Å². The molecule has 0 amide bonds. The summed E-state index contributed by atoms with van der Waals surface area (Å²) in [5.41, 5.74) is 1.94. The van der Waals surface area contributed by atoms with E-state index in [0.717, 1.165) is 35.7 Å². The molecule has 7 heteroatoms. The minimum absolute atomic E-state index is 0.527. The van der Waals surface area contributed by atoms with Crippen molar-refractivity contribution in [2.24, 2.45) is 4.99 Å². The molecule has 0 bridgehead atoms. The van der Waals surface area contributed by atoms with Gasteiger partial charge in [-0.05, 0) is 43.7 Å².